The van der Waals surface area contributed by atoms with Gasteiger partial charge in [0.25, 0.3) is 0 Å². The van der Waals surface area contributed by atoms with Crippen molar-refractivity contribution in [2.24, 2.45) is 0 Å². The molecular formula is C21H19ClN4O2S. The van der Waals surface area contributed by atoms with Gasteiger partial charge < -0.3 is 5.32 Å². The zero-order valence-corrected chi connectivity index (χ0v) is 17.3. The molecule has 0 saturated carbocycles. The van der Waals surface area contributed by atoms with Gasteiger partial charge in [-0.25, -0.2) is 9.78 Å². The molecular weight excluding hydrogens is 408 g/mol. The number of fused-ring (bicyclic) bond motifs is 1. The molecule has 0 unspecified atom stereocenters. The molecule has 148 valence electrons. The summed E-state index contributed by atoms with van der Waals surface area (Å²) in [6.45, 7) is 2.83. The van der Waals surface area contributed by atoms with E-state index in [9.17, 15) is 9.59 Å². The van der Waals surface area contributed by atoms with Crippen LogP contribution in [0.15, 0.2) is 58.7 Å². The van der Waals surface area contributed by atoms with Gasteiger partial charge in [-0.3, -0.25) is 13.9 Å². The van der Waals surface area contributed by atoms with Gasteiger partial charge in [-0.05, 0) is 25.1 Å². The minimum atomic E-state index is -0.190. The second kappa shape index (κ2) is 8.23. The molecule has 4 rings (SSSR count). The molecule has 2 aromatic carbocycles. The number of carbonyl (C=O) groups excluding carboxylic acids is 1. The Morgan fingerprint density at radius 2 is 1.79 bits per heavy atom. The van der Waals surface area contributed by atoms with Crippen LogP contribution in [0, 0.1) is 0 Å². The van der Waals surface area contributed by atoms with Crippen molar-refractivity contribution in [2.75, 3.05) is 5.32 Å². The second-order valence-electron chi connectivity index (χ2n) is 6.48. The van der Waals surface area contributed by atoms with Gasteiger partial charge in [-0.1, -0.05) is 41.9 Å². The van der Waals surface area contributed by atoms with E-state index in [1.165, 1.54) is 11.3 Å². The number of amides is 1. The first-order valence-corrected chi connectivity index (χ1v) is 10.5. The maximum atomic E-state index is 12.7. The fourth-order valence-electron chi connectivity index (χ4n) is 3.31. The van der Waals surface area contributed by atoms with E-state index >= 15 is 0 Å². The zero-order valence-electron chi connectivity index (χ0n) is 15.8. The van der Waals surface area contributed by atoms with Crippen molar-refractivity contribution >= 4 is 45.0 Å². The Bertz CT molecular complexity index is 1240. The number of nitrogens with zero attached hydrogens (tertiary/aromatic N) is 3. The van der Waals surface area contributed by atoms with E-state index in [-0.39, 0.29) is 18.0 Å². The first-order valence-electron chi connectivity index (χ1n) is 9.27. The van der Waals surface area contributed by atoms with Crippen molar-refractivity contribution in [1.82, 2.24) is 14.1 Å². The van der Waals surface area contributed by atoms with Crippen LogP contribution in [0.25, 0.3) is 22.3 Å². The van der Waals surface area contributed by atoms with Crippen LogP contribution in [0.4, 0.5) is 5.13 Å². The molecule has 1 N–H and O–H groups in total. The van der Waals surface area contributed by atoms with Crippen molar-refractivity contribution < 1.29 is 4.79 Å². The van der Waals surface area contributed by atoms with E-state index in [0.717, 1.165) is 22.3 Å². The monoisotopic (exact) mass is 426 g/mol. The van der Waals surface area contributed by atoms with Crippen LogP contribution < -0.4 is 11.0 Å². The quantitative estimate of drug-likeness (QED) is 0.488. The maximum Gasteiger partial charge on any atom is 0.329 e. The van der Waals surface area contributed by atoms with Crippen molar-refractivity contribution in [3.05, 3.63) is 69.4 Å². The molecule has 0 atom stereocenters. The van der Waals surface area contributed by atoms with Crippen LogP contribution in [-0.2, 0) is 17.9 Å². The van der Waals surface area contributed by atoms with Gasteiger partial charge >= 0.3 is 5.69 Å². The Labute approximate surface area is 176 Å². The number of halogens is 1. The van der Waals surface area contributed by atoms with Gasteiger partial charge in [0, 0.05) is 35.5 Å². The highest BCUT2D eigenvalue weighted by molar-refractivity contribution is 7.14. The third-order valence-corrected chi connectivity index (χ3v) is 5.79. The van der Waals surface area contributed by atoms with Crippen LogP contribution >= 0.6 is 22.9 Å². The predicted molar refractivity (Wildman–Crippen MR) is 118 cm³/mol. The highest BCUT2D eigenvalue weighted by Gasteiger charge is 2.14. The van der Waals surface area contributed by atoms with Crippen LogP contribution in [0.3, 0.4) is 0 Å². The standard InChI is InChI=1S/C21H19ClN4O2S/c1-2-25-17-9-5-6-10-18(17)26(21(25)28)12-11-19(27)24-20-23-16(13-29-20)14-7-3-4-8-15(14)22/h3-10,13H,2,11-12H2,1H3,(H,23,24,27). The summed E-state index contributed by atoms with van der Waals surface area (Å²) in [4.78, 5) is 29.5. The number of aryl methyl sites for hydroxylation is 2. The van der Waals surface area contributed by atoms with Gasteiger partial charge in [-0.15, -0.1) is 11.3 Å². The number of aromatic nitrogens is 3. The summed E-state index contributed by atoms with van der Waals surface area (Å²) in [7, 11) is 0. The molecule has 2 aromatic heterocycles. The summed E-state index contributed by atoms with van der Waals surface area (Å²) in [5, 5.41) is 5.79. The van der Waals surface area contributed by atoms with Crippen LogP contribution in [0.1, 0.15) is 13.3 Å². The molecule has 2 heterocycles. The van der Waals surface area contributed by atoms with E-state index < -0.39 is 0 Å². The van der Waals surface area contributed by atoms with Gasteiger partial charge in [0.2, 0.25) is 5.91 Å². The van der Waals surface area contributed by atoms with E-state index in [2.05, 4.69) is 10.3 Å². The average Bonchev–Trinajstić information content (AvgIpc) is 3.28. The molecule has 6 nitrogen and oxygen atoms in total. The highest BCUT2D eigenvalue weighted by Crippen LogP contribution is 2.30. The Morgan fingerprint density at radius 3 is 2.52 bits per heavy atom. The molecule has 0 saturated heterocycles. The number of hydrogen-bond acceptors (Lipinski definition) is 4. The lowest BCUT2D eigenvalue weighted by atomic mass is 10.2. The number of nitrogens with one attached hydrogen (secondary N) is 1. The number of imidazole rings is 1. The van der Waals surface area contributed by atoms with Crippen LogP contribution in [0.2, 0.25) is 5.02 Å². The molecule has 0 aliphatic rings. The largest absolute Gasteiger partial charge is 0.329 e. The lowest BCUT2D eigenvalue weighted by Crippen LogP contribution is -2.25. The predicted octanol–water partition coefficient (Wildman–Crippen LogP) is 4.63. The second-order valence-corrected chi connectivity index (χ2v) is 7.75. The Morgan fingerprint density at radius 1 is 1.10 bits per heavy atom. The van der Waals surface area contributed by atoms with Gasteiger partial charge in [0.15, 0.2) is 5.13 Å². The molecule has 0 aliphatic carbocycles. The summed E-state index contributed by atoms with van der Waals surface area (Å²) in [5.74, 6) is -0.190. The molecule has 8 heteroatoms. The first-order chi connectivity index (χ1) is 14.1. The Balaban J connectivity index is 1.47. The number of anilines is 1. The molecule has 1 amide bonds. The number of carbonyl (C=O) groups is 1. The number of para-hydroxylation sites is 2. The number of hydrogen-bond donors (Lipinski definition) is 1. The van der Waals surface area contributed by atoms with Crippen molar-refractivity contribution in [3.8, 4) is 11.3 Å². The highest BCUT2D eigenvalue weighted by atomic mass is 35.5. The number of benzene rings is 2. The Hall–Kier alpha value is -2.90. The van der Waals surface area contributed by atoms with E-state index in [4.69, 9.17) is 11.6 Å². The topological polar surface area (TPSA) is 68.9 Å². The van der Waals surface area contributed by atoms with E-state index in [1.807, 2.05) is 54.8 Å². The number of thiazole rings is 1. The molecule has 0 fully saturated rings. The fourth-order valence-corrected chi connectivity index (χ4v) is 4.27. The SMILES string of the molecule is CCn1c(=O)n(CCC(=O)Nc2nc(-c3ccccc3Cl)cs2)c2ccccc21. The summed E-state index contributed by atoms with van der Waals surface area (Å²) >= 11 is 7.55. The lowest BCUT2D eigenvalue weighted by Gasteiger charge is -2.04. The number of rotatable bonds is 6. The first kappa shape index (κ1) is 19.4. The van der Waals surface area contributed by atoms with Crippen molar-refractivity contribution in [1.29, 1.82) is 0 Å². The van der Waals surface area contributed by atoms with Gasteiger partial charge in [0.05, 0.1) is 16.7 Å². The molecule has 0 bridgehead atoms. The summed E-state index contributed by atoms with van der Waals surface area (Å²) in [5.41, 5.74) is 3.16. The molecule has 4 aromatic rings. The lowest BCUT2D eigenvalue weighted by molar-refractivity contribution is -0.116. The third kappa shape index (κ3) is 3.83. The van der Waals surface area contributed by atoms with E-state index in [0.29, 0.717) is 23.2 Å². The average molecular weight is 427 g/mol. The third-order valence-electron chi connectivity index (χ3n) is 4.70. The minimum Gasteiger partial charge on any atom is -0.302 e. The van der Waals surface area contributed by atoms with Gasteiger partial charge in [-0.2, -0.15) is 0 Å². The molecule has 29 heavy (non-hydrogen) atoms. The van der Waals surface area contributed by atoms with Gasteiger partial charge in [0.1, 0.15) is 0 Å². The minimum absolute atomic E-state index is 0.100. The Kier molecular flexibility index (Phi) is 5.51. The maximum absolute atomic E-state index is 12.7. The molecule has 0 radical (unpaired) electrons. The van der Waals surface area contributed by atoms with Crippen molar-refractivity contribution in [3.63, 3.8) is 0 Å². The smallest absolute Gasteiger partial charge is 0.302 e. The summed E-state index contributed by atoms with van der Waals surface area (Å²) in [6.07, 6.45) is 0.179. The summed E-state index contributed by atoms with van der Waals surface area (Å²) in [6, 6.07) is 15.1. The fraction of sp³-hybridized carbons (Fsp3) is 0.190. The van der Waals surface area contributed by atoms with Crippen molar-refractivity contribution in [2.45, 2.75) is 26.4 Å². The summed E-state index contributed by atoms with van der Waals surface area (Å²) < 4.78 is 3.36. The molecule has 0 spiro atoms. The van der Waals surface area contributed by atoms with E-state index in [1.54, 1.807) is 15.2 Å². The molecule has 0 aliphatic heterocycles. The van der Waals surface area contributed by atoms with Crippen LogP contribution in [-0.4, -0.2) is 20.0 Å². The van der Waals surface area contributed by atoms with Crippen LogP contribution in [0.5, 0.6) is 0 Å². The zero-order chi connectivity index (χ0) is 20.4. The normalized spacial score (nSPS) is 11.1.